The number of hydrogen-bond donors (Lipinski definition) is 1. The predicted octanol–water partition coefficient (Wildman–Crippen LogP) is 3.21. The smallest absolute Gasteiger partial charge is 0.410 e. The van der Waals surface area contributed by atoms with Crippen LogP contribution in [0.3, 0.4) is 0 Å². The number of likely N-dealkylation sites (tertiary alicyclic amines) is 1. The molecule has 8 heteroatoms. The summed E-state index contributed by atoms with van der Waals surface area (Å²) in [5.41, 5.74) is -0.423. The first kappa shape index (κ1) is 20.5. The minimum Gasteiger partial charge on any atom is -0.473 e. The monoisotopic (exact) mass is 415 g/mol. The summed E-state index contributed by atoms with van der Waals surface area (Å²) in [7, 11) is 0. The largest absolute Gasteiger partial charge is 0.473 e. The molecule has 0 radical (unpaired) electrons. The van der Waals surface area contributed by atoms with Crippen LogP contribution in [-0.4, -0.2) is 52.9 Å². The van der Waals surface area contributed by atoms with E-state index in [4.69, 9.17) is 14.0 Å². The standard InChI is InChI=1S/C22H29N3O5/c1-21(2,3)29-20(27)25-10-14-15(11-25)17(14)18(26)23-22(4,5)12-28-19-13-8-6-7-9-16(13)30-24-19/h6-9,14-15,17H,10-12H2,1-5H3,(H,23,26)/t14-,15+,17?. The molecule has 2 fully saturated rings. The van der Waals surface area contributed by atoms with Gasteiger partial charge >= 0.3 is 6.09 Å². The number of carbonyl (C=O) groups is 2. The minimum atomic E-state index is -0.571. The van der Waals surface area contributed by atoms with E-state index in [-0.39, 0.29) is 36.4 Å². The zero-order valence-corrected chi connectivity index (χ0v) is 18.1. The highest BCUT2D eigenvalue weighted by Gasteiger charge is 2.61. The van der Waals surface area contributed by atoms with E-state index in [1.54, 1.807) is 4.90 Å². The third-order valence-electron chi connectivity index (χ3n) is 5.52. The number of amides is 2. The second-order valence-corrected chi connectivity index (χ2v) is 9.88. The molecular weight excluding hydrogens is 386 g/mol. The lowest BCUT2D eigenvalue weighted by molar-refractivity contribution is -0.125. The van der Waals surface area contributed by atoms with Crippen molar-refractivity contribution < 1.29 is 23.6 Å². The summed E-state index contributed by atoms with van der Waals surface area (Å²) in [4.78, 5) is 26.7. The van der Waals surface area contributed by atoms with E-state index < -0.39 is 11.1 Å². The maximum atomic E-state index is 12.8. The Morgan fingerprint density at radius 1 is 1.17 bits per heavy atom. The number of rotatable bonds is 5. The number of para-hydroxylation sites is 1. The van der Waals surface area contributed by atoms with Gasteiger partial charge in [0.15, 0.2) is 5.58 Å². The number of piperidine rings is 1. The molecule has 1 saturated heterocycles. The van der Waals surface area contributed by atoms with Gasteiger partial charge in [-0.15, -0.1) is 0 Å². The maximum absolute atomic E-state index is 12.8. The lowest BCUT2D eigenvalue weighted by Crippen LogP contribution is -2.49. The van der Waals surface area contributed by atoms with Crippen LogP contribution in [0.1, 0.15) is 34.6 Å². The van der Waals surface area contributed by atoms with Crippen molar-refractivity contribution in [3.63, 3.8) is 0 Å². The van der Waals surface area contributed by atoms with Gasteiger partial charge in [-0.3, -0.25) is 4.79 Å². The Hall–Kier alpha value is -2.77. The van der Waals surface area contributed by atoms with Crippen LogP contribution in [0, 0.1) is 17.8 Å². The number of hydrogen-bond acceptors (Lipinski definition) is 6. The molecule has 1 aromatic carbocycles. The molecule has 8 nitrogen and oxygen atoms in total. The Bertz CT molecular complexity index is 949. The van der Waals surface area contributed by atoms with E-state index >= 15 is 0 Å². The molecule has 2 amide bonds. The second-order valence-electron chi connectivity index (χ2n) is 9.88. The molecule has 1 saturated carbocycles. The molecule has 2 aromatic rings. The SMILES string of the molecule is CC(C)(COc1noc2ccccc12)NC(=O)C1[C@H]2CN(C(=O)OC(C)(C)C)C[C@@H]12. The zero-order chi connectivity index (χ0) is 21.7. The summed E-state index contributed by atoms with van der Waals surface area (Å²) < 4.78 is 16.5. The van der Waals surface area contributed by atoms with E-state index in [2.05, 4.69) is 10.5 Å². The first-order valence-corrected chi connectivity index (χ1v) is 10.3. The first-order valence-electron chi connectivity index (χ1n) is 10.3. The fraction of sp³-hybridized carbons (Fsp3) is 0.591. The summed E-state index contributed by atoms with van der Waals surface area (Å²) in [6.07, 6.45) is -0.303. The molecule has 1 N–H and O–H groups in total. The van der Waals surface area contributed by atoms with Gasteiger partial charge in [0.05, 0.1) is 10.9 Å². The topological polar surface area (TPSA) is 93.9 Å². The number of nitrogens with one attached hydrogen (secondary N) is 1. The van der Waals surface area contributed by atoms with Crippen molar-refractivity contribution in [3.8, 4) is 5.88 Å². The van der Waals surface area contributed by atoms with Gasteiger partial charge in [-0.1, -0.05) is 12.1 Å². The number of ether oxygens (including phenoxy) is 2. The number of benzene rings is 1. The van der Waals surface area contributed by atoms with Gasteiger partial charge in [-0.05, 0) is 63.7 Å². The molecule has 162 valence electrons. The summed E-state index contributed by atoms with van der Waals surface area (Å²) in [5, 5.41) is 7.85. The Morgan fingerprint density at radius 2 is 1.83 bits per heavy atom. The van der Waals surface area contributed by atoms with Gasteiger partial charge in [0.1, 0.15) is 12.2 Å². The van der Waals surface area contributed by atoms with Crippen LogP contribution in [0.5, 0.6) is 5.88 Å². The lowest BCUT2D eigenvalue weighted by Gasteiger charge is -2.28. The van der Waals surface area contributed by atoms with Crippen LogP contribution in [-0.2, 0) is 9.53 Å². The fourth-order valence-corrected chi connectivity index (χ4v) is 4.06. The van der Waals surface area contributed by atoms with E-state index in [0.717, 1.165) is 5.39 Å². The number of carbonyl (C=O) groups excluding carboxylic acids is 2. The molecule has 0 bridgehead atoms. The average Bonchev–Trinajstić information content (AvgIpc) is 2.99. The van der Waals surface area contributed by atoms with Gasteiger partial charge in [0.2, 0.25) is 5.91 Å². The molecule has 2 aliphatic rings. The average molecular weight is 415 g/mol. The van der Waals surface area contributed by atoms with Crippen molar-refractivity contribution in [2.75, 3.05) is 19.7 Å². The molecule has 3 atom stereocenters. The predicted molar refractivity (Wildman–Crippen MR) is 110 cm³/mol. The molecule has 1 unspecified atom stereocenters. The van der Waals surface area contributed by atoms with Gasteiger partial charge < -0.3 is 24.2 Å². The third-order valence-corrected chi connectivity index (χ3v) is 5.52. The Morgan fingerprint density at radius 3 is 2.50 bits per heavy atom. The summed E-state index contributed by atoms with van der Waals surface area (Å²) in [6, 6.07) is 7.48. The van der Waals surface area contributed by atoms with Crippen LogP contribution in [0.4, 0.5) is 4.79 Å². The van der Waals surface area contributed by atoms with Crippen molar-refractivity contribution in [2.45, 2.75) is 45.8 Å². The van der Waals surface area contributed by atoms with E-state index in [1.165, 1.54) is 0 Å². The van der Waals surface area contributed by atoms with Gasteiger partial charge in [-0.2, -0.15) is 0 Å². The highest BCUT2D eigenvalue weighted by Crippen LogP contribution is 2.52. The zero-order valence-electron chi connectivity index (χ0n) is 18.1. The van der Waals surface area contributed by atoms with E-state index in [1.807, 2.05) is 58.9 Å². The normalized spacial score (nSPS) is 23.2. The van der Waals surface area contributed by atoms with Crippen molar-refractivity contribution in [1.82, 2.24) is 15.4 Å². The number of nitrogens with zero attached hydrogens (tertiary/aromatic N) is 2. The van der Waals surface area contributed by atoms with E-state index in [9.17, 15) is 9.59 Å². The molecule has 2 heterocycles. The second kappa shape index (κ2) is 7.18. The minimum absolute atomic E-state index is 0.00690. The molecule has 1 aromatic heterocycles. The summed E-state index contributed by atoms with van der Waals surface area (Å²) in [6.45, 7) is 10.8. The first-order chi connectivity index (χ1) is 14.0. The van der Waals surface area contributed by atoms with Crippen molar-refractivity contribution in [1.29, 1.82) is 0 Å². The quantitative estimate of drug-likeness (QED) is 0.806. The number of aromatic nitrogens is 1. The maximum Gasteiger partial charge on any atom is 0.410 e. The van der Waals surface area contributed by atoms with Gasteiger partial charge in [0.25, 0.3) is 5.88 Å². The van der Waals surface area contributed by atoms with Crippen LogP contribution in [0.15, 0.2) is 28.8 Å². The lowest BCUT2D eigenvalue weighted by atomic mass is 10.1. The summed E-state index contributed by atoms with van der Waals surface area (Å²) in [5.74, 6) is 0.773. The van der Waals surface area contributed by atoms with Gasteiger partial charge in [-0.25, -0.2) is 4.79 Å². The van der Waals surface area contributed by atoms with Crippen molar-refractivity contribution in [2.24, 2.45) is 17.8 Å². The van der Waals surface area contributed by atoms with Crippen LogP contribution in [0.25, 0.3) is 11.0 Å². The van der Waals surface area contributed by atoms with Crippen LogP contribution < -0.4 is 10.1 Å². The highest BCUT2D eigenvalue weighted by molar-refractivity contribution is 5.84. The van der Waals surface area contributed by atoms with Crippen molar-refractivity contribution >= 4 is 23.0 Å². The Balaban J connectivity index is 1.27. The summed E-state index contributed by atoms with van der Waals surface area (Å²) >= 11 is 0. The molecule has 4 rings (SSSR count). The fourth-order valence-electron chi connectivity index (χ4n) is 4.06. The van der Waals surface area contributed by atoms with Crippen LogP contribution in [0.2, 0.25) is 0 Å². The third kappa shape index (κ3) is 4.22. The molecular formula is C22H29N3O5. The van der Waals surface area contributed by atoms with E-state index in [0.29, 0.717) is 24.6 Å². The van der Waals surface area contributed by atoms with Crippen molar-refractivity contribution in [3.05, 3.63) is 24.3 Å². The Labute approximate surface area is 175 Å². The van der Waals surface area contributed by atoms with Crippen LogP contribution >= 0.6 is 0 Å². The highest BCUT2D eigenvalue weighted by atomic mass is 16.6. The molecule has 1 aliphatic carbocycles. The molecule has 0 spiro atoms. The van der Waals surface area contributed by atoms with Gasteiger partial charge in [0, 0.05) is 19.0 Å². The molecule has 1 aliphatic heterocycles. The Kier molecular flexibility index (Phi) is 4.91. The number of fused-ring (bicyclic) bond motifs is 2. The molecule has 30 heavy (non-hydrogen) atoms.